The molecule has 1 aliphatic heterocycles. The summed E-state index contributed by atoms with van der Waals surface area (Å²) in [5, 5.41) is 0.897. The zero-order valence-corrected chi connectivity index (χ0v) is 15.1. The Morgan fingerprint density at radius 1 is 1.26 bits per heavy atom. The van der Waals surface area contributed by atoms with Crippen molar-refractivity contribution in [3.05, 3.63) is 33.8 Å². The molecule has 1 aromatic rings. The summed E-state index contributed by atoms with van der Waals surface area (Å²) in [5.41, 5.74) is 0.655. The molecule has 0 spiro atoms. The van der Waals surface area contributed by atoms with E-state index in [1.54, 1.807) is 18.2 Å². The highest BCUT2D eigenvalue weighted by Crippen LogP contribution is 2.44. The Bertz CT molecular complexity index is 663. The Kier molecular flexibility index (Phi) is 5.94. The molecule has 0 amide bonds. The number of hydrogen-bond donors (Lipinski definition) is 2. The second kappa shape index (κ2) is 7.23. The summed E-state index contributed by atoms with van der Waals surface area (Å²) in [6.07, 6.45) is -0.0225. The van der Waals surface area contributed by atoms with E-state index in [-0.39, 0.29) is 6.54 Å². The second-order valence-electron chi connectivity index (χ2n) is 5.30. The molecule has 130 valence electrons. The fourth-order valence-corrected chi connectivity index (χ4v) is 3.48. The van der Waals surface area contributed by atoms with E-state index in [2.05, 4.69) is 0 Å². The van der Waals surface area contributed by atoms with Gasteiger partial charge in [-0.15, -0.1) is 0 Å². The highest BCUT2D eigenvalue weighted by molar-refractivity contribution is 7.83. The third kappa shape index (κ3) is 4.57. The van der Waals surface area contributed by atoms with Gasteiger partial charge in [0.1, 0.15) is 12.2 Å². The lowest BCUT2D eigenvalue weighted by molar-refractivity contribution is -0.179. The Labute approximate surface area is 145 Å². The van der Waals surface area contributed by atoms with Gasteiger partial charge in [-0.2, -0.15) is 13.1 Å². The number of halogens is 2. The third-order valence-electron chi connectivity index (χ3n) is 3.86. The summed E-state index contributed by atoms with van der Waals surface area (Å²) in [4.78, 5) is 0. The van der Waals surface area contributed by atoms with Crippen molar-refractivity contribution < 1.29 is 22.4 Å². The van der Waals surface area contributed by atoms with E-state index in [4.69, 9.17) is 37.2 Å². The van der Waals surface area contributed by atoms with Crippen LogP contribution in [-0.4, -0.2) is 31.4 Å². The second-order valence-corrected chi connectivity index (χ2v) is 7.38. The molecule has 2 rings (SSSR count). The number of rotatable bonds is 6. The van der Waals surface area contributed by atoms with Crippen molar-refractivity contribution in [1.29, 1.82) is 0 Å². The maximum atomic E-state index is 10.9. The van der Waals surface area contributed by atoms with Crippen molar-refractivity contribution in [2.45, 2.75) is 44.7 Å². The SMILES string of the molecule is CCC1(CC)O[C@H](c2ccc(Cl)cc2Cl)[C@@H](CNS(=O)(=O)O)O1. The first-order valence-electron chi connectivity index (χ1n) is 7.22. The van der Waals surface area contributed by atoms with E-state index in [0.717, 1.165) is 0 Å². The van der Waals surface area contributed by atoms with Crippen molar-refractivity contribution in [2.24, 2.45) is 0 Å². The summed E-state index contributed by atoms with van der Waals surface area (Å²) in [5.74, 6) is -0.820. The van der Waals surface area contributed by atoms with Crippen LogP contribution in [0.2, 0.25) is 10.0 Å². The molecule has 0 radical (unpaired) electrons. The van der Waals surface area contributed by atoms with Gasteiger partial charge in [-0.25, -0.2) is 0 Å². The fraction of sp³-hybridized carbons (Fsp3) is 0.571. The van der Waals surface area contributed by atoms with Crippen LogP contribution in [0.5, 0.6) is 0 Å². The third-order valence-corrected chi connectivity index (χ3v) is 4.95. The first-order chi connectivity index (χ1) is 10.7. The Morgan fingerprint density at radius 3 is 2.43 bits per heavy atom. The molecular weight excluding hydrogens is 365 g/mol. The van der Waals surface area contributed by atoms with Crippen LogP contribution in [0.3, 0.4) is 0 Å². The molecule has 1 aliphatic rings. The first kappa shape index (κ1) is 18.9. The van der Waals surface area contributed by atoms with Gasteiger partial charge in [0.15, 0.2) is 5.79 Å². The van der Waals surface area contributed by atoms with Gasteiger partial charge in [-0.3, -0.25) is 4.55 Å². The molecule has 1 heterocycles. The molecule has 0 aliphatic carbocycles. The maximum Gasteiger partial charge on any atom is 0.333 e. The number of ether oxygens (including phenoxy) is 2. The maximum absolute atomic E-state index is 10.9. The van der Waals surface area contributed by atoms with Crippen LogP contribution in [0.1, 0.15) is 38.4 Å². The molecule has 9 heteroatoms. The average molecular weight is 384 g/mol. The van der Waals surface area contributed by atoms with E-state index < -0.39 is 28.3 Å². The molecule has 0 aromatic heterocycles. The van der Waals surface area contributed by atoms with Crippen molar-refractivity contribution in [3.63, 3.8) is 0 Å². The van der Waals surface area contributed by atoms with E-state index in [0.29, 0.717) is 28.5 Å². The Morgan fingerprint density at radius 2 is 1.91 bits per heavy atom. The smallest absolute Gasteiger partial charge is 0.333 e. The predicted octanol–water partition coefficient (Wildman–Crippen LogP) is 3.36. The molecule has 6 nitrogen and oxygen atoms in total. The molecule has 2 atom stereocenters. The van der Waals surface area contributed by atoms with Gasteiger partial charge in [0, 0.05) is 22.2 Å². The molecule has 0 unspecified atom stereocenters. The van der Waals surface area contributed by atoms with Crippen LogP contribution in [0.4, 0.5) is 0 Å². The van der Waals surface area contributed by atoms with Gasteiger partial charge in [0.25, 0.3) is 0 Å². The number of nitrogens with one attached hydrogen (secondary N) is 1. The lowest BCUT2D eigenvalue weighted by atomic mass is 10.0. The topological polar surface area (TPSA) is 84.9 Å². The molecule has 2 N–H and O–H groups in total. The minimum Gasteiger partial charge on any atom is -0.342 e. The highest BCUT2D eigenvalue weighted by atomic mass is 35.5. The predicted molar refractivity (Wildman–Crippen MR) is 88.0 cm³/mol. The van der Waals surface area contributed by atoms with E-state index >= 15 is 0 Å². The highest BCUT2D eigenvalue weighted by Gasteiger charge is 2.46. The van der Waals surface area contributed by atoms with Crippen molar-refractivity contribution in [1.82, 2.24) is 4.72 Å². The van der Waals surface area contributed by atoms with E-state index in [9.17, 15) is 8.42 Å². The largest absolute Gasteiger partial charge is 0.342 e. The normalized spacial score (nSPS) is 24.0. The van der Waals surface area contributed by atoms with Crippen LogP contribution in [0.15, 0.2) is 18.2 Å². The van der Waals surface area contributed by atoms with Crippen LogP contribution < -0.4 is 4.72 Å². The van der Waals surface area contributed by atoms with Crippen molar-refractivity contribution in [2.75, 3.05) is 6.54 Å². The summed E-state index contributed by atoms with van der Waals surface area (Å²) < 4.78 is 44.8. The van der Waals surface area contributed by atoms with Gasteiger partial charge < -0.3 is 9.47 Å². The van der Waals surface area contributed by atoms with Crippen LogP contribution >= 0.6 is 23.2 Å². The number of benzene rings is 1. The summed E-state index contributed by atoms with van der Waals surface area (Å²) in [6, 6.07) is 4.99. The molecular formula is C14H19Cl2NO5S. The molecule has 1 fully saturated rings. The zero-order chi connectivity index (χ0) is 17.3. The standard InChI is InChI=1S/C14H19Cl2NO5S/c1-3-14(4-2)21-12(8-17-23(18,19)20)13(22-14)10-6-5-9(15)7-11(10)16/h5-7,12-13,17H,3-4,8H2,1-2H3,(H,18,19,20)/t12-,13-/m1/s1. The van der Waals surface area contributed by atoms with Gasteiger partial charge in [0.2, 0.25) is 0 Å². The van der Waals surface area contributed by atoms with Gasteiger partial charge in [-0.1, -0.05) is 43.1 Å². The molecule has 23 heavy (non-hydrogen) atoms. The Hall–Kier alpha value is -0.410. The van der Waals surface area contributed by atoms with E-state index in [1.165, 1.54) is 0 Å². The minimum absolute atomic E-state index is 0.135. The lowest BCUT2D eigenvalue weighted by Gasteiger charge is -2.25. The molecule has 0 bridgehead atoms. The molecule has 0 saturated carbocycles. The average Bonchev–Trinajstić information content (AvgIpc) is 2.84. The van der Waals surface area contributed by atoms with Crippen LogP contribution in [0.25, 0.3) is 0 Å². The zero-order valence-electron chi connectivity index (χ0n) is 12.8. The molecule has 1 saturated heterocycles. The first-order valence-corrected chi connectivity index (χ1v) is 9.42. The molecule has 1 aromatic carbocycles. The fourth-order valence-electron chi connectivity index (χ4n) is 2.59. The van der Waals surface area contributed by atoms with Crippen molar-refractivity contribution >= 4 is 33.5 Å². The number of hydrogen-bond acceptors (Lipinski definition) is 4. The lowest BCUT2D eigenvalue weighted by Crippen LogP contribution is -2.36. The van der Waals surface area contributed by atoms with Crippen LogP contribution in [0, 0.1) is 0 Å². The quantitative estimate of drug-likeness (QED) is 0.735. The van der Waals surface area contributed by atoms with Crippen molar-refractivity contribution in [3.8, 4) is 0 Å². The summed E-state index contributed by atoms with van der Waals surface area (Å²) >= 11 is 12.1. The van der Waals surface area contributed by atoms with E-state index in [1.807, 2.05) is 18.6 Å². The van der Waals surface area contributed by atoms with Gasteiger partial charge in [-0.05, 0) is 25.0 Å². The minimum atomic E-state index is -4.32. The Balaban J connectivity index is 2.32. The summed E-state index contributed by atoms with van der Waals surface area (Å²) in [7, 11) is -4.32. The monoisotopic (exact) mass is 383 g/mol. The summed E-state index contributed by atoms with van der Waals surface area (Å²) in [6.45, 7) is 3.70. The van der Waals surface area contributed by atoms with Gasteiger partial charge in [0.05, 0.1) is 0 Å². The van der Waals surface area contributed by atoms with Crippen LogP contribution in [-0.2, 0) is 19.8 Å². The van der Waals surface area contributed by atoms with Gasteiger partial charge >= 0.3 is 10.3 Å².